The largest absolute Gasteiger partial charge is 0.320 e. The van der Waals surface area contributed by atoms with E-state index >= 15 is 0 Å². The molecule has 5 heteroatoms. The lowest BCUT2D eigenvalue weighted by atomic mass is 10.0. The van der Waals surface area contributed by atoms with E-state index in [0.717, 1.165) is 25.5 Å². The van der Waals surface area contributed by atoms with Crippen molar-refractivity contribution in [2.45, 2.75) is 13.0 Å². The topological polar surface area (TPSA) is 26.0 Å². The fourth-order valence-corrected chi connectivity index (χ4v) is 3.58. The molecule has 0 aliphatic rings. The molecule has 0 radical (unpaired) electrons. The van der Waals surface area contributed by atoms with Gasteiger partial charge < -0.3 is 5.73 Å². The van der Waals surface area contributed by atoms with E-state index < -0.39 is 0 Å². The molecular weight excluding hydrogens is 341 g/mol. The molecule has 0 spiro atoms. The summed E-state index contributed by atoms with van der Waals surface area (Å²) in [7, 11) is 0. The average molecular weight is 351 g/mol. The summed E-state index contributed by atoms with van der Waals surface area (Å²) in [6.45, 7) is 1.97. The summed E-state index contributed by atoms with van der Waals surface area (Å²) in [5.74, 6) is 0. The Balaban J connectivity index is 2.43. The van der Waals surface area contributed by atoms with E-state index in [0.29, 0.717) is 4.34 Å². The normalized spacial score (nSPS) is 12.8. The maximum Gasteiger partial charge on any atom is 0.107 e. The summed E-state index contributed by atoms with van der Waals surface area (Å²) < 4.78 is 1.58. The zero-order chi connectivity index (χ0) is 12.6. The number of hydrogen-bond acceptors (Lipinski definition) is 2. The van der Waals surface area contributed by atoms with Gasteiger partial charge in [0.05, 0.1) is 6.04 Å². The van der Waals surface area contributed by atoms with Gasteiger partial charge in [-0.05, 0) is 40.0 Å². The quantitative estimate of drug-likeness (QED) is 0.793. The average Bonchev–Trinajstić information content (AvgIpc) is 2.62. The molecule has 1 aromatic carbocycles. The highest BCUT2D eigenvalue weighted by molar-refractivity contribution is 9.10. The summed E-state index contributed by atoms with van der Waals surface area (Å²) in [6, 6.07) is 7.57. The molecule has 2 aromatic rings. The molecule has 1 atom stereocenters. The molecule has 1 heterocycles. The van der Waals surface area contributed by atoms with Crippen LogP contribution in [0.3, 0.4) is 0 Å². The van der Waals surface area contributed by atoms with Gasteiger partial charge in [0.1, 0.15) is 4.34 Å². The van der Waals surface area contributed by atoms with E-state index in [-0.39, 0.29) is 6.04 Å². The molecule has 1 aromatic heterocycles. The van der Waals surface area contributed by atoms with Crippen molar-refractivity contribution in [3.05, 3.63) is 54.1 Å². The summed E-state index contributed by atoms with van der Waals surface area (Å²) in [6.07, 6.45) is 0. The van der Waals surface area contributed by atoms with Crippen molar-refractivity contribution in [2.24, 2.45) is 5.73 Å². The van der Waals surface area contributed by atoms with Gasteiger partial charge in [-0.1, -0.05) is 41.4 Å². The van der Waals surface area contributed by atoms with Crippen molar-refractivity contribution in [3.8, 4) is 0 Å². The van der Waals surface area contributed by atoms with E-state index in [4.69, 9.17) is 28.9 Å². The van der Waals surface area contributed by atoms with Crippen LogP contribution in [0.2, 0.25) is 9.36 Å². The summed E-state index contributed by atoms with van der Waals surface area (Å²) in [5, 5.41) is 0.723. The van der Waals surface area contributed by atoms with E-state index in [1.807, 2.05) is 31.2 Å². The molecule has 0 saturated heterocycles. The van der Waals surface area contributed by atoms with Gasteiger partial charge in [0.15, 0.2) is 0 Å². The van der Waals surface area contributed by atoms with Crippen LogP contribution in [0.25, 0.3) is 0 Å². The van der Waals surface area contributed by atoms with Crippen LogP contribution in [0.5, 0.6) is 0 Å². The number of thiophene rings is 1. The molecule has 0 saturated carbocycles. The van der Waals surface area contributed by atoms with Crippen LogP contribution < -0.4 is 5.73 Å². The minimum atomic E-state index is -0.240. The van der Waals surface area contributed by atoms with Gasteiger partial charge in [-0.15, -0.1) is 11.3 Å². The molecule has 90 valence electrons. The first-order valence-electron chi connectivity index (χ1n) is 4.96. The lowest BCUT2D eigenvalue weighted by Gasteiger charge is -2.13. The van der Waals surface area contributed by atoms with E-state index in [9.17, 15) is 0 Å². The number of nitrogens with two attached hydrogens (primary N) is 1. The standard InChI is InChI=1S/C12H10BrCl2NS/c1-6-3-2-4-7(10(6)14)11(16)9-5-8(13)12(15)17-9/h2-5,11H,16H2,1H3. The molecule has 1 nitrogen and oxygen atoms in total. The van der Waals surface area contributed by atoms with Crippen LogP contribution in [0.4, 0.5) is 0 Å². The van der Waals surface area contributed by atoms with E-state index in [1.54, 1.807) is 0 Å². The first kappa shape index (κ1) is 13.4. The molecule has 0 aliphatic heterocycles. The van der Waals surface area contributed by atoms with Crippen molar-refractivity contribution in [3.63, 3.8) is 0 Å². The number of rotatable bonds is 2. The van der Waals surface area contributed by atoms with Gasteiger partial charge in [-0.25, -0.2) is 0 Å². The van der Waals surface area contributed by atoms with E-state index in [1.165, 1.54) is 11.3 Å². The van der Waals surface area contributed by atoms with Gasteiger partial charge in [0.2, 0.25) is 0 Å². The molecule has 0 fully saturated rings. The highest BCUT2D eigenvalue weighted by Crippen LogP contribution is 2.38. The summed E-state index contributed by atoms with van der Waals surface area (Å²) in [5.41, 5.74) is 8.17. The van der Waals surface area contributed by atoms with Crippen LogP contribution in [0.1, 0.15) is 22.0 Å². The Bertz CT molecular complexity index is 534. The van der Waals surface area contributed by atoms with E-state index in [2.05, 4.69) is 15.9 Å². The Morgan fingerprint density at radius 1 is 1.35 bits per heavy atom. The van der Waals surface area contributed by atoms with Crippen molar-refractivity contribution < 1.29 is 0 Å². The second-order valence-corrected chi connectivity index (χ2v) is 6.64. The smallest absolute Gasteiger partial charge is 0.107 e. The molecule has 2 rings (SSSR count). The minimum Gasteiger partial charge on any atom is -0.320 e. The molecular formula is C12H10BrCl2NS. The van der Waals surface area contributed by atoms with Crippen molar-refractivity contribution in [1.82, 2.24) is 0 Å². The SMILES string of the molecule is Cc1cccc(C(N)c2cc(Br)c(Cl)s2)c1Cl. The van der Waals surface area contributed by atoms with Crippen molar-refractivity contribution in [2.75, 3.05) is 0 Å². The number of hydrogen-bond donors (Lipinski definition) is 1. The monoisotopic (exact) mass is 349 g/mol. The second kappa shape index (κ2) is 5.29. The Hall–Kier alpha value is -0.0600. The zero-order valence-corrected chi connectivity index (χ0v) is 12.9. The van der Waals surface area contributed by atoms with Crippen LogP contribution >= 0.6 is 50.5 Å². The first-order chi connectivity index (χ1) is 8.00. The lowest BCUT2D eigenvalue weighted by molar-refractivity contribution is 0.891. The Morgan fingerprint density at radius 2 is 2.06 bits per heavy atom. The third kappa shape index (κ3) is 2.69. The highest BCUT2D eigenvalue weighted by Gasteiger charge is 2.17. The fraction of sp³-hybridized carbons (Fsp3) is 0.167. The van der Waals surface area contributed by atoms with Gasteiger partial charge >= 0.3 is 0 Å². The Morgan fingerprint density at radius 3 is 2.65 bits per heavy atom. The van der Waals surface area contributed by atoms with Crippen LogP contribution in [-0.4, -0.2) is 0 Å². The number of benzene rings is 1. The van der Waals surface area contributed by atoms with Crippen LogP contribution in [0.15, 0.2) is 28.7 Å². The lowest BCUT2D eigenvalue weighted by Crippen LogP contribution is -2.11. The highest BCUT2D eigenvalue weighted by atomic mass is 79.9. The van der Waals surface area contributed by atoms with Crippen LogP contribution in [0, 0.1) is 6.92 Å². The van der Waals surface area contributed by atoms with Crippen molar-refractivity contribution >= 4 is 50.5 Å². The maximum absolute atomic E-state index is 6.26. The number of halogens is 3. The zero-order valence-electron chi connectivity index (χ0n) is 9.01. The van der Waals surface area contributed by atoms with Crippen molar-refractivity contribution in [1.29, 1.82) is 0 Å². The van der Waals surface area contributed by atoms with Gasteiger partial charge in [0.25, 0.3) is 0 Å². The molecule has 0 bridgehead atoms. The Kier molecular flexibility index (Phi) is 4.16. The number of aryl methyl sites for hydroxylation is 1. The predicted molar refractivity (Wildman–Crippen MR) is 79.2 cm³/mol. The molecule has 0 aliphatic carbocycles. The van der Waals surface area contributed by atoms with Gasteiger partial charge in [-0.3, -0.25) is 0 Å². The fourth-order valence-electron chi connectivity index (χ4n) is 1.58. The first-order valence-corrected chi connectivity index (χ1v) is 7.32. The van der Waals surface area contributed by atoms with Crippen LogP contribution in [-0.2, 0) is 0 Å². The molecule has 2 N–H and O–H groups in total. The maximum atomic E-state index is 6.26. The van der Waals surface area contributed by atoms with Gasteiger partial charge in [0, 0.05) is 14.4 Å². The summed E-state index contributed by atoms with van der Waals surface area (Å²) in [4.78, 5) is 0.995. The third-order valence-corrected chi connectivity index (χ3v) is 5.60. The van der Waals surface area contributed by atoms with Gasteiger partial charge in [-0.2, -0.15) is 0 Å². The Labute approximate surface area is 123 Å². The molecule has 0 amide bonds. The third-order valence-electron chi connectivity index (χ3n) is 2.53. The molecule has 1 unspecified atom stereocenters. The summed E-state index contributed by atoms with van der Waals surface area (Å²) >= 11 is 17.1. The molecule has 17 heavy (non-hydrogen) atoms. The second-order valence-electron chi connectivity index (χ2n) is 3.73. The minimum absolute atomic E-state index is 0.240. The predicted octanol–water partition coefficient (Wildman–Crippen LogP) is 5.17.